The van der Waals surface area contributed by atoms with E-state index < -0.39 is 10.8 Å². The number of nitrogens with one attached hydrogen (secondary N) is 2. The third-order valence-electron chi connectivity index (χ3n) is 2.60. The zero-order chi connectivity index (χ0) is 14.3. The predicted octanol–water partition coefficient (Wildman–Crippen LogP) is 1.40. The van der Waals surface area contributed by atoms with Gasteiger partial charge < -0.3 is 10.6 Å². The van der Waals surface area contributed by atoms with Crippen molar-refractivity contribution in [2.75, 3.05) is 23.9 Å². The van der Waals surface area contributed by atoms with Crippen molar-refractivity contribution in [2.24, 2.45) is 0 Å². The Morgan fingerprint density at radius 2 is 2.21 bits per heavy atom. The molecule has 0 saturated heterocycles. The van der Waals surface area contributed by atoms with Crippen molar-refractivity contribution >= 4 is 22.5 Å². The van der Waals surface area contributed by atoms with Crippen LogP contribution in [0.1, 0.15) is 30.6 Å². The van der Waals surface area contributed by atoms with E-state index in [2.05, 4.69) is 15.6 Å². The van der Waals surface area contributed by atoms with Crippen LogP contribution in [0.4, 0.5) is 5.82 Å². The number of rotatable bonds is 7. The number of carbonyl (C=O) groups excluding carboxylic acids is 1. The summed E-state index contributed by atoms with van der Waals surface area (Å²) >= 11 is 0. The maximum atomic E-state index is 11.9. The number of nitrogens with zero attached hydrogens (tertiary/aromatic N) is 1. The van der Waals surface area contributed by atoms with Gasteiger partial charge in [-0.05, 0) is 32.4 Å². The molecule has 0 aliphatic rings. The summed E-state index contributed by atoms with van der Waals surface area (Å²) in [6.45, 7) is 4.69. The first-order chi connectivity index (χ1) is 9.02. The lowest BCUT2D eigenvalue weighted by molar-refractivity contribution is 0.0939. The van der Waals surface area contributed by atoms with E-state index in [1.54, 1.807) is 24.6 Å². The first kappa shape index (κ1) is 15.6. The Bertz CT molecular complexity index is 434. The van der Waals surface area contributed by atoms with Crippen LogP contribution in [0.2, 0.25) is 0 Å². The second-order valence-corrected chi connectivity index (χ2v) is 5.96. The van der Waals surface area contributed by atoms with Crippen LogP contribution in [0.5, 0.6) is 0 Å². The molecule has 2 atom stereocenters. The van der Waals surface area contributed by atoms with Gasteiger partial charge in [0.15, 0.2) is 0 Å². The fourth-order valence-corrected chi connectivity index (χ4v) is 2.22. The fraction of sp³-hybridized carbons (Fsp3) is 0.538. The van der Waals surface area contributed by atoms with Crippen molar-refractivity contribution in [3.63, 3.8) is 0 Å². The normalized spacial score (nSPS) is 13.6. The Hall–Kier alpha value is -1.43. The van der Waals surface area contributed by atoms with Gasteiger partial charge in [-0.15, -0.1) is 0 Å². The lowest BCUT2D eigenvalue weighted by Gasteiger charge is -2.13. The smallest absolute Gasteiger partial charge is 0.253 e. The van der Waals surface area contributed by atoms with Crippen LogP contribution in [-0.2, 0) is 10.8 Å². The minimum atomic E-state index is -0.823. The van der Waals surface area contributed by atoms with Gasteiger partial charge in [0, 0.05) is 41.6 Å². The molecular weight excluding hydrogens is 262 g/mol. The van der Waals surface area contributed by atoms with Gasteiger partial charge in [0.25, 0.3) is 5.91 Å². The quantitative estimate of drug-likeness (QED) is 0.793. The maximum absolute atomic E-state index is 11.9. The molecule has 1 aromatic rings. The van der Waals surface area contributed by atoms with Gasteiger partial charge in [0.2, 0.25) is 0 Å². The Balaban J connectivity index is 2.50. The highest BCUT2D eigenvalue weighted by Gasteiger charge is 2.10. The predicted molar refractivity (Wildman–Crippen MR) is 78.9 cm³/mol. The highest BCUT2D eigenvalue weighted by molar-refractivity contribution is 7.84. The first-order valence-electron chi connectivity index (χ1n) is 6.33. The largest absolute Gasteiger partial charge is 0.370 e. The molecule has 0 bridgehead atoms. The molecule has 6 heteroatoms. The molecule has 1 aromatic heterocycles. The Labute approximate surface area is 116 Å². The molecule has 0 aromatic carbocycles. The van der Waals surface area contributed by atoms with Gasteiger partial charge in [-0.1, -0.05) is 0 Å². The third kappa shape index (κ3) is 5.83. The zero-order valence-electron chi connectivity index (χ0n) is 11.6. The van der Waals surface area contributed by atoms with Crippen LogP contribution >= 0.6 is 0 Å². The lowest BCUT2D eigenvalue weighted by atomic mass is 10.2. The molecule has 19 heavy (non-hydrogen) atoms. The third-order valence-corrected chi connectivity index (χ3v) is 3.41. The van der Waals surface area contributed by atoms with Crippen molar-refractivity contribution in [1.82, 2.24) is 10.3 Å². The number of pyridine rings is 1. The number of anilines is 1. The molecule has 2 N–H and O–H groups in total. The summed E-state index contributed by atoms with van der Waals surface area (Å²) in [7, 11) is -0.823. The summed E-state index contributed by atoms with van der Waals surface area (Å²) in [6, 6.07) is 3.53. The standard InChI is InChI=1S/C13H21N3O2S/c1-4-14-12-6-5-11(9-15-12)13(17)16-10(2)7-8-19(3)18/h5-6,9-10H,4,7-8H2,1-3H3,(H,14,15)(H,16,17). The van der Waals surface area contributed by atoms with Crippen LogP contribution < -0.4 is 10.6 Å². The molecule has 0 radical (unpaired) electrons. The average Bonchev–Trinajstić information content (AvgIpc) is 2.37. The van der Waals surface area contributed by atoms with Gasteiger partial charge in [-0.3, -0.25) is 9.00 Å². The molecule has 0 saturated carbocycles. The number of amides is 1. The van der Waals surface area contributed by atoms with E-state index in [1.165, 1.54) is 0 Å². The first-order valence-corrected chi connectivity index (χ1v) is 8.06. The SMILES string of the molecule is CCNc1ccc(C(=O)NC(C)CCS(C)=O)cn1. The maximum Gasteiger partial charge on any atom is 0.253 e. The Kier molecular flexibility index (Phi) is 6.49. The van der Waals surface area contributed by atoms with Gasteiger partial charge >= 0.3 is 0 Å². The number of carbonyl (C=O) groups is 1. The van der Waals surface area contributed by atoms with Crippen LogP contribution in [0.15, 0.2) is 18.3 Å². The molecular formula is C13H21N3O2S. The highest BCUT2D eigenvalue weighted by Crippen LogP contribution is 2.05. The summed E-state index contributed by atoms with van der Waals surface area (Å²) in [6.07, 6.45) is 3.92. The molecule has 2 unspecified atom stereocenters. The molecule has 0 spiro atoms. The lowest BCUT2D eigenvalue weighted by Crippen LogP contribution is -2.33. The van der Waals surface area contributed by atoms with Crippen molar-refractivity contribution < 1.29 is 9.00 Å². The second-order valence-electron chi connectivity index (χ2n) is 4.40. The summed E-state index contributed by atoms with van der Waals surface area (Å²) < 4.78 is 11.0. The molecule has 1 heterocycles. The summed E-state index contributed by atoms with van der Waals surface area (Å²) in [5.74, 6) is 1.21. The van der Waals surface area contributed by atoms with E-state index in [4.69, 9.17) is 0 Å². The molecule has 1 rings (SSSR count). The Morgan fingerprint density at radius 3 is 2.74 bits per heavy atom. The van der Waals surface area contributed by atoms with Crippen molar-refractivity contribution in [2.45, 2.75) is 26.3 Å². The Morgan fingerprint density at radius 1 is 1.47 bits per heavy atom. The van der Waals surface area contributed by atoms with Gasteiger partial charge in [0.05, 0.1) is 5.56 Å². The van der Waals surface area contributed by atoms with Crippen molar-refractivity contribution in [3.8, 4) is 0 Å². The minimum absolute atomic E-state index is 0.00448. The molecule has 0 aliphatic heterocycles. The van der Waals surface area contributed by atoms with E-state index in [9.17, 15) is 9.00 Å². The highest BCUT2D eigenvalue weighted by atomic mass is 32.2. The van der Waals surface area contributed by atoms with E-state index in [-0.39, 0.29) is 11.9 Å². The van der Waals surface area contributed by atoms with E-state index in [0.717, 1.165) is 12.4 Å². The number of hydrogen-bond donors (Lipinski definition) is 2. The van der Waals surface area contributed by atoms with Crippen LogP contribution in [0, 0.1) is 0 Å². The molecule has 106 valence electrons. The summed E-state index contributed by atoms with van der Waals surface area (Å²) in [4.78, 5) is 16.1. The zero-order valence-corrected chi connectivity index (χ0v) is 12.4. The molecule has 0 fully saturated rings. The van der Waals surface area contributed by atoms with E-state index >= 15 is 0 Å². The van der Waals surface area contributed by atoms with Crippen LogP contribution in [0.25, 0.3) is 0 Å². The summed E-state index contributed by atoms with van der Waals surface area (Å²) in [5.41, 5.74) is 0.533. The molecule has 1 amide bonds. The molecule has 0 aliphatic carbocycles. The van der Waals surface area contributed by atoms with E-state index in [0.29, 0.717) is 17.7 Å². The number of aromatic nitrogens is 1. The summed E-state index contributed by atoms with van der Waals surface area (Å²) in [5, 5.41) is 5.94. The topological polar surface area (TPSA) is 71.1 Å². The second kappa shape index (κ2) is 7.89. The molecule has 5 nitrogen and oxygen atoms in total. The number of hydrogen-bond acceptors (Lipinski definition) is 4. The van der Waals surface area contributed by atoms with Crippen LogP contribution in [-0.4, -0.2) is 39.7 Å². The van der Waals surface area contributed by atoms with Crippen molar-refractivity contribution in [1.29, 1.82) is 0 Å². The van der Waals surface area contributed by atoms with Crippen molar-refractivity contribution in [3.05, 3.63) is 23.9 Å². The van der Waals surface area contributed by atoms with Gasteiger partial charge in [-0.2, -0.15) is 0 Å². The van der Waals surface area contributed by atoms with Gasteiger partial charge in [-0.25, -0.2) is 4.98 Å². The monoisotopic (exact) mass is 283 g/mol. The average molecular weight is 283 g/mol. The minimum Gasteiger partial charge on any atom is -0.370 e. The van der Waals surface area contributed by atoms with Gasteiger partial charge in [0.1, 0.15) is 5.82 Å². The fourth-order valence-electron chi connectivity index (χ4n) is 1.54. The van der Waals surface area contributed by atoms with E-state index in [1.807, 2.05) is 13.8 Å². The van der Waals surface area contributed by atoms with Crippen LogP contribution in [0.3, 0.4) is 0 Å².